The van der Waals surface area contributed by atoms with Gasteiger partial charge in [0, 0.05) is 5.56 Å². The Bertz CT molecular complexity index is 845. The van der Waals surface area contributed by atoms with Crippen molar-refractivity contribution in [1.82, 2.24) is 5.32 Å². The first-order chi connectivity index (χ1) is 13.4. The maximum atomic E-state index is 12.9. The minimum atomic E-state index is -5.12. The zero-order valence-corrected chi connectivity index (χ0v) is 14.6. The van der Waals surface area contributed by atoms with Crippen LogP contribution in [-0.4, -0.2) is 23.0 Å². The van der Waals surface area contributed by atoms with E-state index in [1.54, 1.807) is 30.3 Å². The van der Waals surface area contributed by atoms with Gasteiger partial charge in [-0.05, 0) is 36.6 Å². The zero-order valence-electron chi connectivity index (χ0n) is 14.6. The Kier molecular flexibility index (Phi) is 6.55. The summed E-state index contributed by atoms with van der Waals surface area (Å²) in [5.41, 5.74) is -3.49. The van der Waals surface area contributed by atoms with Crippen LogP contribution >= 0.6 is 0 Å². The highest BCUT2D eigenvalue weighted by molar-refractivity contribution is 5.97. The molecule has 10 heteroatoms. The topological polar surface area (TPSA) is 66.4 Å². The number of nitrogens with one attached hydrogen (secondary N) is 1. The van der Waals surface area contributed by atoms with Crippen LogP contribution in [0.25, 0.3) is 0 Å². The number of aryl methyl sites for hydroxylation is 1. The van der Waals surface area contributed by atoms with Crippen LogP contribution in [-0.2, 0) is 23.6 Å². The molecule has 156 valence electrons. The number of halogens is 6. The molecule has 2 rings (SSSR count). The standard InChI is InChI=1S/C19H15F6NO3/c20-18(21,22)13-8-12(9-14(10-13)19(23,24)25)16(27)26-15(17(28)29)7-6-11-4-2-1-3-5-11/h1-5,8-10,15H,6-7H2,(H,26,27)(H,28,29)/t15-/m0/s1. The van der Waals surface area contributed by atoms with E-state index in [1.165, 1.54) is 0 Å². The summed E-state index contributed by atoms with van der Waals surface area (Å²) in [5.74, 6) is -2.81. The smallest absolute Gasteiger partial charge is 0.416 e. The second-order valence-electron chi connectivity index (χ2n) is 6.18. The van der Waals surface area contributed by atoms with Gasteiger partial charge in [0.15, 0.2) is 0 Å². The molecular weight excluding hydrogens is 404 g/mol. The summed E-state index contributed by atoms with van der Waals surface area (Å²) in [6, 6.07) is 7.49. The van der Waals surface area contributed by atoms with Crippen molar-refractivity contribution in [3.63, 3.8) is 0 Å². The SMILES string of the molecule is O=C(N[C@@H](CCc1ccccc1)C(=O)O)c1cc(C(F)(F)F)cc(C(F)(F)F)c1. The molecule has 0 bridgehead atoms. The fourth-order valence-corrected chi connectivity index (χ4v) is 2.54. The molecule has 0 aliphatic heterocycles. The highest BCUT2D eigenvalue weighted by atomic mass is 19.4. The molecule has 1 atom stereocenters. The summed E-state index contributed by atoms with van der Waals surface area (Å²) in [5, 5.41) is 11.2. The number of carboxylic acids is 1. The van der Waals surface area contributed by atoms with Crippen LogP contribution in [0.1, 0.15) is 33.5 Å². The number of rotatable bonds is 6. The second kappa shape index (κ2) is 8.54. The lowest BCUT2D eigenvalue weighted by Crippen LogP contribution is -2.41. The van der Waals surface area contributed by atoms with Gasteiger partial charge in [-0.2, -0.15) is 26.3 Å². The molecule has 0 radical (unpaired) electrons. The molecule has 0 aliphatic rings. The van der Waals surface area contributed by atoms with Gasteiger partial charge in [0.2, 0.25) is 0 Å². The summed E-state index contributed by atoms with van der Waals surface area (Å²) >= 11 is 0. The predicted molar refractivity (Wildman–Crippen MR) is 90.1 cm³/mol. The van der Waals surface area contributed by atoms with Gasteiger partial charge in [-0.1, -0.05) is 30.3 Å². The molecule has 0 saturated carbocycles. The van der Waals surface area contributed by atoms with Crippen LogP contribution in [0.5, 0.6) is 0 Å². The third-order valence-corrected chi connectivity index (χ3v) is 4.02. The summed E-state index contributed by atoms with van der Waals surface area (Å²) in [6.45, 7) is 0. The maximum Gasteiger partial charge on any atom is 0.416 e. The van der Waals surface area contributed by atoms with E-state index in [9.17, 15) is 41.0 Å². The summed E-state index contributed by atoms with van der Waals surface area (Å²) in [4.78, 5) is 23.6. The summed E-state index contributed by atoms with van der Waals surface area (Å²) in [6.07, 6.45) is -10.1. The Morgan fingerprint density at radius 3 is 1.86 bits per heavy atom. The van der Waals surface area contributed by atoms with Crippen molar-refractivity contribution in [2.24, 2.45) is 0 Å². The lowest BCUT2D eigenvalue weighted by Gasteiger charge is -2.17. The maximum absolute atomic E-state index is 12.9. The van der Waals surface area contributed by atoms with Crippen molar-refractivity contribution in [2.45, 2.75) is 31.2 Å². The molecule has 4 nitrogen and oxygen atoms in total. The third kappa shape index (κ3) is 6.23. The van der Waals surface area contributed by atoms with Crippen LogP contribution in [0.2, 0.25) is 0 Å². The van der Waals surface area contributed by atoms with E-state index in [0.29, 0.717) is 0 Å². The van der Waals surface area contributed by atoms with E-state index in [2.05, 4.69) is 0 Å². The number of carboxylic acid groups (broad SMARTS) is 1. The monoisotopic (exact) mass is 419 g/mol. The van der Waals surface area contributed by atoms with E-state index in [1.807, 2.05) is 5.32 Å². The van der Waals surface area contributed by atoms with E-state index < -0.39 is 47.0 Å². The molecule has 29 heavy (non-hydrogen) atoms. The second-order valence-corrected chi connectivity index (χ2v) is 6.18. The van der Waals surface area contributed by atoms with Crippen LogP contribution in [0.3, 0.4) is 0 Å². The number of aliphatic carboxylic acids is 1. The van der Waals surface area contributed by atoms with Crippen molar-refractivity contribution in [2.75, 3.05) is 0 Å². The molecule has 2 N–H and O–H groups in total. The molecule has 0 heterocycles. The Morgan fingerprint density at radius 2 is 1.41 bits per heavy atom. The van der Waals surface area contributed by atoms with Crippen LogP contribution in [0, 0.1) is 0 Å². The Morgan fingerprint density at radius 1 is 0.897 bits per heavy atom. The highest BCUT2D eigenvalue weighted by Crippen LogP contribution is 2.36. The molecule has 0 aliphatic carbocycles. The minimum absolute atomic E-state index is 0.101. The van der Waals surface area contributed by atoms with Gasteiger partial charge < -0.3 is 10.4 Å². The van der Waals surface area contributed by atoms with Gasteiger partial charge in [0.25, 0.3) is 5.91 Å². The third-order valence-electron chi connectivity index (χ3n) is 4.02. The molecule has 0 fully saturated rings. The van der Waals surface area contributed by atoms with Gasteiger partial charge in [0.05, 0.1) is 11.1 Å². The molecule has 1 amide bonds. The first kappa shape index (κ1) is 22.3. The average Bonchev–Trinajstić information content (AvgIpc) is 2.63. The largest absolute Gasteiger partial charge is 0.480 e. The van der Waals surface area contributed by atoms with Crippen LogP contribution in [0.4, 0.5) is 26.3 Å². The van der Waals surface area contributed by atoms with Crippen LogP contribution < -0.4 is 5.32 Å². The van der Waals surface area contributed by atoms with Gasteiger partial charge in [-0.15, -0.1) is 0 Å². The summed E-state index contributed by atoms with van der Waals surface area (Å²) < 4.78 is 77.4. The molecule has 2 aromatic rings. The fourth-order valence-electron chi connectivity index (χ4n) is 2.54. The van der Waals surface area contributed by atoms with E-state index >= 15 is 0 Å². The normalized spacial score (nSPS) is 13.0. The van der Waals surface area contributed by atoms with Crippen molar-refractivity contribution in [1.29, 1.82) is 0 Å². The van der Waals surface area contributed by atoms with Crippen molar-refractivity contribution >= 4 is 11.9 Å². The first-order valence-corrected chi connectivity index (χ1v) is 8.25. The Balaban J connectivity index is 2.25. The number of carbonyl (C=O) groups excluding carboxylic acids is 1. The van der Waals surface area contributed by atoms with Gasteiger partial charge in [-0.25, -0.2) is 4.79 Å². The predicted octanol–water partition coefficient (Wildman–Crippen LogP) is 4.54. The van der Waals surface area contributed by atoms with E-state index in [4.69, 9.17) is 0 Å². The van der Waals surface area contributed by atoms with Crippen molar-refractivity contribution in [3.8, 4) is 0 Å². The fraction of sp³-hybridized carbons (Fsp3) is 0.263. The number of hydrogen-bond donors (Lipinski definition) is 2. The molecule has 0 spiro atoms. The summed E-state index contributed by atoms with van der Waals surface area (Å²) in [7, 11) is 0. The average molecular weight is 419 g/mol. The number of hydrogen-bond acceptors (Lipinski definition) is 2. The number of alkyl halides is 6. The van der Waals surface area contributed by atoms with Gasteiger partial charge in [-0.3, -0.25) is 4.79 Å². The number of carbonyl (C=O) groups is 2. The van der Waals surface area contributed by atoms with Crippen molar-refractivity contribution in [3.05, 3.63) is 70.8 Å². The van der Waals surface area contributed by atoms with Crippen LogP contribution in [0.15, 0.2) is 48.5 Å². The molecule has 0 saturated heterocycles. The molecule has 0 unspecified atom stereocenters. The number of amides is 1. The molecule has 0 aromatic heterocycles. The zero-order chi connectivity index (χ0) is 21.8. The lowest BCUT2D eigenvalue weighted by molar-refractivity contribution is -0.143. The quantitative estimate of drug-likeness (QED) is 0.676. The Labute approximate surface area is 161 Å². The van der Waals surface area contributed by atoms with E-state index in [0.717, 1.165) is 5.56 Å². The van der Waals surface area contributed by atoms with Gasteiger partial charge in [0.1, 0.15) is 6.04 Å². The first-order valence-electron chi connectivity index (χ1n) is 8.25. The lowest BCUT2D eigenvalue weighted by atomic mass is 10.0. The minimum Gasteiger partial charge on any atom is -0.480 e. The highest BCUT2D eigenvalue weighted by Gasteiger charge is 2.37. The van der Waals surface area contributed by atoms with Gasteiger partial charge >= 0.3 is 18.3 Å². The molecule has 2 aromatic carbocycles. The van der Waals surface area contributed by atoms with E-state index in [-0.39, 0.29) is 31.0 Å². The Hall–Kier alpha value is -3.04. The van der Waals surface area contributed by atoms with Crippen molar-refractivity contribution < 1.29 is 41.0 Å². The number of benzene rings is 2. The molecular formula is C19H15F6NO3.